The highest BCUT2D eigenvalue weighted by Gasteiger charge is 2.84. The average Bonchev–Trinajstić information content (AvgIpc) is 3.41. The number of phenolic OH excluding ortho intramolecular Hbond substituents is 2. The van der Waals surface area contributed by atoms with Gasteiger partial charge in [0.2, 0.25) is 0 Å². The Balaban J connectivity index is 1.18. The molecule has 0 unspecified atom stereocenters. The SMILES string of the molecule is CCNCC1=C[C@@]2(C)CC[C@@H]1[C@]1(O[C@H]3C[C@@]4(O)C5=CC(=O)[C@@H]6[C@@H](c7ccc(O)c(O)c7)[C@]7(O)CC[C@@]5(CC[C@]4(C)[C@H]3[C@]1(O)CCO)[C@@]6(C)C[C@@H]7O)[C@@H](O)[C@H]2C. The Hall–Kier alpha value is -2.35. The van der Waals surface area contributed by atoms with E-state index in [9.17, 15) is 45.6 Å². The van der Waals surface area contributed by atoms with Crippen molar-refractivity contribution in [2.75, 3.05) is 19.7 Å². The van der Waals surface area contributed by atoms with Gasteiger partial charge in [0.15, 0.2) is 17.3 Å². The van der Waals surface area contributed by atoms with Crippen molar-refractivity contribution in [1.82, 2.24) is 5.32 Å². The maximum atomic E-state index is 14.8. The molecule has 9 aliphatic carbocycles. The molecule has 302 valence electrons. The Kier molecular flexibility index (Phi) is 8.09. The molecule has 7 fully saturated rings. The molecule has 0 amide bonds. The monoisotopic (exact) mass is 763 g/mol. The molecule has 11 rings (SSSR count). The third-order valence-corrected chi connectivity index (χ3v) is 18.3. The average molecular weight is 764 g/mol. The van der Waals surface area contributed by atoms with E-state index in [1.807, 2.05) is 27.7 Å². The molecule has 11 nitrogen and oxygen atoms in total. The van der Waals surface area contributed by atoms with Gasteiger partial charge < -0.3 is 50.9 Å². The number of ketones is 1. The summed E-state index contributed by atoms with van der Waals surface area (Å²) in [6, 6.07) is 4.32. The molecular formula is C44H61NO10. The van der Waals surface area contributed by atoms with Crippen LogP contribution in [0.4, 0.5) is 0 Å². The fourth-order valence-corrected chi connectivity index (χ4v) is 15.5. The molecule has 9 N–H and O–H groups in total. The maximum absolute atomic E-state index is 14.8. The summed E-state index contributed by atoms with van der Waals surface area (Å²) in [5.41, 5.74) is -7.42. The van der Waals surface area contributed by atoms with E-state index >= 15 is 0 Å². The number of aliphatic hydroxyl groups excluding tert-OH is 3. The van der Waals surface area contributed by atoms with Crippen LogP contribution in [0.3, 0.4) is 0 Å². The number of allylic oxidation sites excluding steroid dienone is 2. The summed E-state index contributed by atoms with van der Waals surface area (Å²) in [4.78, 5) is 14.8. The van der Waals surface area contributed by atoms with E-state index in [0.29, 0.717) is 43.4 Å². The van der Waals surface area contributed by atoms with Gasteiger partial charge in [-0.1, -0.05) is 52.3 Å². The molecule has 1 aromatic carbocycles. The highest BCUT2D eigenvalue weighted by atomic mass is 16.6. The first-order valence-electron chi connectivity index (χ1n) is 20.8. The number of rotatable bonds is 6. The smallest absolute Gasteiger partial charge is 0.160 e. The van der Waals surface area contributed by atoms with Crippen molar-refractivity contribution in [3.8, 4) is 11.5 Å². The predicted octanol–water partition coefficient (Wildman–Crippen LogP) is 3.35. The number of phenols is 2. The summed E-state index contributed by atoms with van der Waals surface area (Å²) in [6.07, 6.45) is 4.17. The van der Waals surface area contributed by atoms with Gasteiger partial charge in [0, 0.05) is 60.5 Å². The number of nitrogens with one attached hydrogen (secondary N) is 1. The summed E-state index contributed by atoms with van der Waals surface area (Å²) >= 11 is 0. The molecule has 1 aliphatic heterocycles. The van der Waals surface area contributed by atoms with Crippen LogP contribution in [0.2, 0.25) is 0 Å². The van der Waals surface area contributed by atoms with E-state index in [4.69, 9.17) is 4.74 Å². The minimum Gasteiger partial charge on any atom is -0.504 e. The number of likely N-dealkylation sites (N-methyl/N-ethyl adjacent to an activating group) is 1. The van der Waals surface area contributed by atoms with Crippen LogP contribution in [-0.2, 0) is 9.53 Å². The minimum atomic E-state index is -1.74. The van der Waals surface area contributed by atoms with Crippen LogP contribution in [0, 0.1) is 45.3 Å². The standard InChI is InChI=1S/C44H61NO10/c1-6-45-22-25-19-37(3)10-9-26(25)44(36(51)23(37)2)42(53,15-16-46)35-30(55-44)20-43(54)31-18-29(49)34-33(24-7-8-27(47)28(48)17-24)41(52)14-13-40(31,12-11-38(35,43)4)39(34,5)21-32(41)50/h7-8,17-19,23,26,30,32-36,45-48,50-54H,6,9-16,20-22H2,1-5H3/t23-,26+,30+,32+,33-,34-,35+,36+,37-,38-,39+,40-,41+,42-,43-,44+/m1/s1. The van der Waals surface area contributed by atoms with E-state index in [0.717, 1.165) is 18.5 Å². The topological polar surface area (TPSA) is 200 Å². The summed E-state index contributed by atoms with van der Waals surface area (Å²) in [5, 5.41) is 99.0. The highest BCUT2D eigenvalue weighted by Crippen LogP contribution is 2.80. The van der Waals surface area contributed by atoms with Gasteiger partial charge in [0.05, 0.1) is 29.5 Å². The van der Waals surface area contributed by atoms with Crippen molar-refractivity contribution < 1.29 is 50.4 Å². The van der Waals surface area contributed by atoms with Crippen molar-refractivity contribution in [2.45, 2.75) is 139 Å². The molecule has 6 bridgehead atoms. The first kappa shape index (κ1) is 38.2. The molecule has 1 saturated heterocycles. The first-order chi connectivity index (χ1) is 25.8. The second kappa shape index (κ2) is 11.6. The van der Waals surface area contributed by atoms with Crippen LogP contribution in [0.1, 0.15) is 104 Å². The van der Waals surface area contributed by atoms with Gasteiger partial charge in [0.25, 0.3) is 0 Å². The number of aromatic hydroxyl groups is 2. The number of hydrogen-bond acceptors (Lipinski definition) is 11. The Morgan fingerprint density at radius 3 is 2.35 bits per heavy atom. The number of carbonyl (C=O) groups is 1. The van der Waals surface area contributed by atoms with Gasteiger partial charge in [-0.3, -0.25) is 4.79 Å². The van der Waals surface area contributed by atoms with E-state index in [1.165, 1.54) is 12.1 Å². The summed E-state index contributed by atoms with van der Waals surface area (Å²) in [7, 11) is 0. The van der Waals surface area contributed by atoms with Crippen LogP contribution in [0.5, 0.6) is 11.5 Å². The first-order valence-corrected chi connectivity index (χ1v) is 20.8. The van der Waals surface area contributed by atoms with E-state index in [-0.39, 0.29) is 66.8 Å². The number of carbonyl (C=O) groups excluding carboxylic acids is 1. The van der Waals surface area contributed by atoms with Gasteiger partial charge in [-0.15, -0.1) is 0 Å². The van der Waals surface area contributed by atoms with E-state index in [2.05, 4.69) is 18.3 Å². The Morgan fingerprint density at radius 2 is 1.65 bits per heavy atom. The summed E-state index contributed by atoms with van der Waals surface area (Å²) < 4.78 is 7.32. The van der Waals surface area contributed by atoms with Gasteiger partial charge in [-0.25, -0.2) is 0 Å². The number of ether oxygens (including phenoxy) is 1. The van der Waals surface area contributed by atoms with Crippen molar-refractivity contribution in [3.05, 3.63) is 47.1 Å². The Bertz CT molecular complexity index is 1880. The Labute approximate surface area is 323 Å². The summed E-state index contributed by atoms with van der Waals surface area (Å²) in [6.45, 7) is 11.3. The number of benzene rings is 1. The lowest BCUT2D eigenvalue weighted by Gasteiger charge is -2.67. The third kappa shape index (κ3) is 4.22. The van der Waals surface area contributed by atoms with Crippen molar-refractivity contribution >= 4 is 5.78 Å². The lowest BCUT2D eigenvalue weighted by Crippen LogP contribution is -2.71. The molecule has 0 radical (unpaired) electrons. The van der Waals surface area contributed by atoms with Crippen LogP contribution < -0.4 is 5.32 Å². The molecule has 1 aromatic rings. The normalized spacial score (nSPS) is 53.3. The van der Waals surface area contributed by atoms with Crippen LogP contribution in [0.25, 0.3) is 0 Å². The van der Waals surface area contributed by atoms with E-state index < -0.39 is 74.7 Å². The zero-order valence-corrected chi connectivity index (χ0v) is 32.9. The van der Waals surface area contributed by atoms with Crippen molar-refractivity contribution in [3.63, 3.8) is 0 Å². The summed E-state index contributed by atoms with van der Waals surface area (Å²) in [5.74, 6) is -3.89. The lowest BCUT2D eigenvalue weighted by molar-refractivity contribution is -0.248. The van der Waals surface area contributed by atoms with Crippen molar-refractivity contribution in [1.29, 1.82) is 0 Å². The Morgan fingerprint density at radius 1 is 0.927 bits per heavy atom. The fraction of sp³-hybridized carbons (Fsp3) is 0.750. The third-order valence-electron chi connectivity index (χ3n) is 18.3. The number of aliphatic hydroxyl groups is 6. The molecule has 16 atom stereocenters. The maximum Gasteiger partial charge on any atom is 0.160 e. The lowest BCUT2D eigenvalue weighted by atomic mass is 9.38. The fourth-order valence-electron chi connectivity index (χ4n) is 15.5. The predicted molar refractivity (Wildman–Crippen MR) is 202 cm³/mol. The number of fused-ring (bicyclic) bond motifs is 8. The minimum absolute atomic E-state index is 0.0470. The molecule has 0 aromatic heterocycles. The second-order valence-corrected chi connectivity index (χ2v) is 20.0. The zero-order valence-electron chi connectivity index (χ0n) is 32.9. The van der Waals surface area contributed by atoms with E-state index in [1.54, 1.807) is 12.1 Å². The quantitative estimate of drug-likeness (QED) is 0.152. The molecule has 10 aliphatic rings. The molecule has 6 saturated carbocycles. The van der Waals surface area contributed by atoms with Crippen LogP contribution >= 0.6 is 0 Å². The molecule has 11 heteroatoms. The van der Waals surface area contributed by atoms with Gasteiger partial charge in [-0.2, -0.15) is 0 Å². The molecular weight excluding hydrogens is 702 g/mol. The van der Waals surface area contributed by atoms with Gasteiger partial charge >= 0.3 is 0 Å². The number of hydrogen-bond donors (Lipinski definition) is 9. The molecule has 2 spiro atoms. The molecule has 55 heavy (non-hydrogen) atoms. The van der Waals surface area contributed by atoms with Crippen molar-refractivity contribution in [2.24, 2.45) is 45.3 Å². The largest absolute Gasteiger partial charge is 0.504 e. The second-order valence-electron chi connectivity index (χ2n) is 20.0. The molecule has 1 heterocycles. The van der Waals surface area contributed by atoms with Crippen LogP contribution in [0.15, 0.2) is 41.5 Å². The van der Waals surface area contributed by atoms with Gasteiger partial charge in [-0.05, 0) is 97.6 Å². The highest BCUT2D eigenvalue weighted by molar-refractivity contribution is 5.96. The van der Waals surface area contributed by atoms with Gasteiger partial charge in [0.1, 0.15) is 11.2 Å². The zero-order chi connectivity index (χ0) is 39.5. The van der Waals surface area contributed by atoms with Crippen LogP contribution in [-0.4, -0.2) is 107 Å².